The third-order valence-corrected chi connectivity index (χ3v) is 5.16. The summed E-state index contributed by atoms with van der Waals surface area (Å²) >= 11 is 0. The van der Waals surface area contributed by atoms with E-state index in [4.69, 9.17) is 10.7 Å². The molecule has 0 amide bonds. The smallest absolute Gasteiger partial charge is 0.129 e. The fourth-order valence-corrected chi connectivity index (χ4v) is 3.73. The van der Waals surface area contributed by atoms with E-state index in [1.54, 1.807) is 6.20 Å². The Morgan fingerprint density at radius 3 is 2.93 bits per heavy atom. The summed E-state index contributed by atoms with van der Waals surface area (Å²) in [4.78, 5) is 15.9. The minimum atomic E-state index is 0.207. The zero-order valence-corrected chi connectivity index (χ0v) is 15.4. The predicted octanol–water partition coefficient (Wildman–Crippen LogP) is 3.01. The summed E-state index contributed by atoms with van der Waals surface area (Å²) in [6.45, 7) is 1.83. The van der Waals surface area contributed by atoms with Crippen molar-refractivity contribution in [3.05, 3.63) is 55.0 Å². The zero-order chi connectivity index (χ0) is 18.9. The summed E-state index contributed by atoms with van der Waals surface area (Å²) in [5.74, 6) is 0.949. The van der Waals surface area contributed by atoms with E-state index in [9.17, 15) is 0 Å². The molecule has 4 aromatic heterocycles. The lowest BCUT2D eigenvalue weighted by atomic mass is 10.1. The summed E-state index contributed by atoms with van der Waals surface area (Å²) in [7, 11) is 0. The first-order chi connectivity index (χ1) is 13.8. The number of rotatable bonds is 3. The van der Waals surface area contributed by atoms with E-state index < -0.39 is 0 Å². The summed E-state index contributed by atoms with van der Waals surface area (Å²) in [5, 5.41) is 8.58. The maximum Gasteiger partial charge on any atom is 0.129 e. The standard InChI is InChI=1S/C21H21N7/c22-15-5-3-9-28(13-15)20-7-1-6-17(25-20)21-16-10-18(14-4-2-8-23-11-14)24-12-19(16)26-27-21/h1-2,4,6-8,10-12,15H,3,5,9,13,22H2,(H,26,27)/t15-/m1/s1. The van der Waals surface area contributed by atoms with Gasteiger partial charge in [0.1, 0.15) is 11.5 Å². The number of H-pyrrole nitrogens is 1. The van der Waals surface area contributed by atoms with Gasteiger partial charge < -0.3 is 10.6 Å². The molecule has 0 saturated carbocycles. The number of hydrogen-bond donors (Lipinski definition) is 2. The van der Waals surface area contributed by atoms with Crippen LogP contribution < -0.4 is 10.6 Å². The van der Waals surface area contributed by atoms with Crippen LogP contribution in [0, 0.1) is 0 Å². The van der Waals surface area contributed by atoms with Gasteiger partial charge in [0, 0.05) is 42.5 Å². The van der Waals surface area contributed by atoms with Crippen LogP contribution in [0.4, 0.5) is 5.82 Å². The molecule has 1 aliphatic rings. The van der Waals surface area contributed by atoms with Gasteiger partial charge in [0.05, 0.1) is 23.1 Å². The molecule has 1 atom stereocenters. The number of piperidine rings is 1. The Labute approximate surface area is 162 Å². The molecule has 4 aromatic rings. The van der Waals surface area contributed by atoms with E-state index >= 15 is 0 Å². The van der Waals surface area contributed by atoms with Crippen molar-refractivity contribution >= 4 is 16.7 Å². The van der Waals surface area contributed by atoms with E-state index in [0.29, 0.717) is 0 Å². The molecule has 0 aromatic carbocycles. The van der Waals surface area contributed by atoms with E-state index in [1.165, 1.54) is 0 Å². The number of aromatic nitrogens is 5. The highest BCUT2D eigenvalue weighted by Gasteiger charge is 2.19. The van der Waals surface area contributed by atoms with Gasteiger partial charge in [0.15, 0.2) is 0 Å². The van der Waals surface area contributed by atoms with Crippen molar-refractivity contribution in [2.45, 2.75) is 18.9 Å². The van der Waals surface area contributed by atoms with Crippen LogP contribution >= 0.6 is 0 Å². The Kier molecular flexibility index (Phi) is 4.21. The molecular formula is C21H21N7. The normalized spacial score (nSPS) is 17.2. The molecule has 5 heterocycles. The predicted molar refractivity (Wildman–Crippen MR) is 110 cm³/mol. The molecule has 3 N–H and O–H groups in total. The molecule has 0 bridgehead atoms. The van der Waals surface area contributed by atoms with Crippen molar-refractivity contribution in [1.82, 2.24) is 25.1 Å². The van der Waals surface area contributed by atoms with E-state index in [0.717, 1.165) is 65.3 Å². The Balaban J connectivity index is 1.55. The van der Waals surface area contributed by atoms with Crippen LogP contribution in [0.5, 0.6) is 0 Å². The summed E-state index contributed by atoms with van der Waals surface area (Å²) in [6, 6.07) is 12.2. The van der Waals surface area contributed by atoms with Gasteiger partial charge in [-0.05, 0) is 43.2 Å². The number of hydrogen-bond acceptors (Lipinski definition) is 6. The lowest BCUT2D eigenvalue weighted by Gasteiger charge is -2.31. The van der Waals surface area contributed by atoms with Gasteiger partial charge in [-0.25, -0.2) is 4.98 Å². The molecule has 0 radical (unpaired) electrons. The third-order valence-electron chi connectivity index (χ3n) is 5.16. The fourth-order valence-electron chi connectivity index (χ4n) is 3.73. The monoisotopic (exact) mass is 371 g/mol. The van der Waals surface area contributed by atoms with Crippen molar-refractivity contribution in [1.29, 1.82) is 0 Å². The average Bonchev–Trinajstić information content (AvgIpc) is 3.18. The second-order valence-electron chi connectivity index (χ2n) is 7.16. The number of fused-ring (bicyclic) bond motifs is 1. The fraction of sp³-hybridized carbons (Fsp3) is 0.238. The molecule has 0 spiro atoms. The van der Waals surface area contributed by atoms with Crippen LogP contribution in [-0.4, -0.2) is 44.3 Å². The van der Waals surface area contributed by atoms with Crippen LogP contribution in [0.3, 0.4) is 0 Å². The molecular weight excluding hydrogens is 350 g/mol. The molecule has 5 rings (SSSR count). The minimum absolute atomic E-state index is 0.207. The molecule has 28 heavy (non-hydrogen) atoms. The topological polar surface area (TPSA) is 96.6 Å². The van der Waals surface area contributed by atoms with Crippen LogP contribution in [0.1, 0.15) is 12.8 Å². The lowest BCUT2D eigenvalue weighted by molar-refractivity contribution is 0.503. The van der Waals surface area contributed by atoms with Crippen LogP contribution in [0.2, 0.25) is 0 Å². The van der Waals surface area contributed by atoms with Gasteiger partial charge in [-0.3, -0.25) is 15.1 Å². The SMILES string of the molecule is N[C@@H]1CCCN(c2cccc(-c3n[nH]c4cnc(-c5cccnc5)cc34)n2)C1. The van der Waals surface area contributed by atoms with Crippen molar-refractivity contribution in [2.75, 3.05) is 18.0 Å². The molecule has 0 aliphatic carbocycles. The second kappa shape index (κ2) is 7.01. The highest BCUT2D eigenvalue weighted by molar-refractivity contribution is 5.93. The minimum Gasteiger partial charge on any atom is -0.355 e. The molecule has 1 saturated heterocycles. The Bertz CT molecular complexity index is 1110. The number of aromatic amines is 1. The molecule has 7 heteroatoms. The number of pyridine rings is 3. The van der Waals surface area contributed by atoms with Crippen molar-refractivity contribution in [2.24, 2.45) is 5.73 Å². The Morgan fingerprint density at radius 1 is 1.11 bits per heavy atom. The third kappa shape index (κ3) is 3.10. The Hall–Kier alpha value is -3.32. The van der Waals surface area contributed by atoms with Crippen molar-refractivity contribution in [3.8, 4) is 22.6 Å². The molecule has 140 valence electrons. The quantitative estimate of drug-likeness (QED) is 0.575. The van der Waals surface area contributed by atoms with Crippen molar-refractivity contribution < 1.29 is 0 Å². The second-order valence-corrected chi connectivity index (χ2v) is 7.16. The number of anilines is 1. The molecule has 1 aliphatic heterocycles. The summed E-state index contributed by atoms with van der Waals surface area (Å²) < 4.78 is 0. The first kappa shape index (κ1) is 16.8. The van der Waals surface area contributed by atoms with E-state index in [1.807, 2.05) is 48.8 Å². The first-order valence-corrected chi connectivity index (χ1v) is 9.50. The van der Waals surface area contributed by atoms with Crippen molar-refractivity contribution in [3.63, 3.8) is 0 Å². The van der Waals surface area contributed by atoms with Gasteiger partial charge in [-0.15, -0.1) is 0 Å². The number of nitrogens with two attached hydrogens (primary N) is 1. The van der Waals surface area contributed by atoms with Gasteiger partial charge in [-0.1, -0.05) is 6.07 Å². The van der Waals surface area contributed by atoms with Gasteiger partial charge in [-0.2, -0.15) is 5.10 Å². The van der Waals surface area contributed by atoms with Crippen LogP contribution in [0.25, 0.3) is 33.5 Å². The summed E-state index contributed by atoms with van der Waals surface area (Å²) in [5.41, 5.74) is 10.5. The highest BCUT2D eigenvalue weighted by atomic mass is 15.2. The number of nitrogens with zero attached hydrogens (tertiary/aromatic N) is 5. The van der Waals surface area contributed by atoms with Crippen LogP contribution in [0.15, 0.2) is 55.0 Å². The maximum absolute atomic E-state index is 6.14. The zero-order valence-electron chi connectivity index (χ0n) is 15.4. The summed E-state index contributed by atoms with van der Waals surface area (Å²) in [6.07, 6.45) is 7.55. The van der Waals surface area contributed by atoms with E-state index in [-0.39, 0.29) is 6.04 Å². The molecule has 0 unspecified atom stereocenters. The average molecular weight is 371 g/mol. The van der Waals surface area contributed by atoms with Crippen LogP contribution in [-0.2, 0) is 0 Å². The number of nitrogens with one attached hydrogen (secondary N) is 1. The molecule has 1 fully saturated rings. The largest absolute Gasteiger partial charge is 0.355 e. The lowest BCUT2D eigenvalue weighted by Crippen LogP contribution is -2.43. The first-order valence-electron chi connectivity index (χ1n) is 9.50. The Morgan fingerprint density at radius 2 is 2.07 bits per heavy atom. The van der Waals surface area contributed by atoms with Gasteiger partial charge in [0.25, 0.3) is 0 Å². The van der Waals surface area contributed by atoms with Gasteiger partial charge >= 0.3 is 0 Å². The van der Waals surface area contributed by atoms with Gasteiger partial charge in [0.2, 0.25) is 0 Å². The highest BCUT2D eigenvalue weighted by Crippen LogP contribution is 2.29. The maximum atomic E-state index is 6.14. The molecule has 7 nitrogen and oxygen atoms in total. The van der Waals surface area contributed by atoms with E-state index in [2.05, 4.69) is 25.1 Å².